The molecule has 3 nitrogen and oxygen atoms in total. The maximum Gasteiger partial charge on any atom is 0.131 e. The second kappa shape index (κ2) is 8.69. The fraction of sp³-hybridized carbons (Fsp3) is 0.136. The maximum absolute atomic E-state index is 13.8. The van der Waals surface area contributed by atoms with Crippen molar-refractivity contribution in [3.05, 3.63) is 93.8 Å². The van der Waals surface area contributed by atoms with Gasteiger partial charge in [-0.2, -0.15) is 5.10 Å². The van der Waals surface area contributed by atoms with Crippen molar-refractivity contribution in [2.75, 3.05) is 5.43 Å². The number of aryl methyl sites for hydroxylation is 2. The standard InChI is InChI=1S/C22H20ClFN2O/c1-15-6-9-18(12-16(15)2)26-25-13-17-7-10-19(11-8-17)27-14-20-21(23)4-3-5-22(20)24/h3-13,26H,14H2,1-2H3. The van der Waals surface area contributed by atoms with E-state index in [4.69, 9.17) is 16.3 Å². The third-order valence-corrected chi connectivity index (χ3v) is 4.59. The topological polar surface area (TPSA) is 33.6 Å². The molecule has 0 radical (unpaired) electrons. The number of hydrogen-bond acceptors (Lipinski definition) is 3. The van der Waals surface area contributed by atoms with Gasteiger partial charge in [-0.15, -0.1) is 0 Å². The van der Waals surface area contributed by atoms with Crippen molar-refractivity contribution in [2.24, 2.45) is 5.10 Å². The van der Waals surface area contributed by atoms with Gasteiger partial charge in [0.05, 0.1) is 16.9 Å². The minimum Gasteiger partial charge on any atom is -0.489 e. The lowest BCUT2D eigenvalue weighted by Gasteiger charge is -2.09. The van der Waals surface area contributed by atoms with E-state index in [0.29, 0.717) is 16.3 Å². The Balaban J connectivity index is 1.57. The molecule has 1 N–H and O–H groups in total. The summed E-state index contributed by atoms with van der Waals surface area (Å²) in [6.07, 6.45) is 1.73. The molecule has 0 aliphatic heterocycles. The number of nitrogens with one attached hydrogen (secondary N) is 1. The van der Waals surface area contributed by atoms with E-state index in [1.54, 1.807) is 18.3 Å². The van der Waals surface area contributed by atoms with E-state index < -0.39 is 0 Å². The summed E-state index contributed by atoms with van der Waals surface area (Å²) < 4.78 is 19.4. The Hall–Kier alpha value is -2.85. The molecule has 0 unspecified atom stereocenters. The molecular formula is C22H20ClFN2O. The van der Waals surface area contributed by atoms with Crippen LogP contribution in [0.4, 0.5) is 10.1 Å². The molecule has 0 aliphatic carbocycles. The summed E-state index contributed by atoms with van der Waals surface area (Å²) in [7, 11) is 0. The van der Waals surface area contributed by atoms with E-state index >= 15 is 0 Å². The van der Waals surface area contributed by atoms with E-state index in [2.05, 4.69) is 36.5 Å². The first-order chi connectivity index (χ1) is 13.0. The number of hydrogen-bond donors (Lipinski definition) is 1. The van der Waals surface area contributed by atoms with Gasteiger partial charge in [-0.05, 0) is 79.1 Å². The van der Waals surface area contributed by atoms with Crippen molar-refractivity contribution in [1.29, 1.82) is 0 Å². The minimum atomic E-state index is -0.372. The van der Waals surface area contributed by atoms with Crippen molar-refractivity contribution < 1.29 is 9.13 Å². The first kappa shape index (κ1) is 18.9. The van der Waals surface area contributed by atoms with Crippen LogP contribution in [0.2, 0.25) is 5.02 Å². The van der Waals surface area contributed by atoms with Crippen molar-refractivity contribution in [3.63, 3.8) is 0 Å². The molecule has 138 valence electrons. The number of halogens is 2. The first-order valence-corrected chi connectivity index (χ1v) is 8.93. The number of nitrogens with zero attached hydrogens (tertiary/aromatic N) is 1. The van der Waals surface area contributed by atoms with E-state index in [1.807, 2.05) is 30.3 Å². The highest BCUT2D eigenvalue weighted by Crippen LogP contribution is 2.21. The molecule has 0 aromatic heterocycles. The van der Waals surface area contributed by atoms with Crippen LogP contribution in [0.25, 0.3) is 0 Å². The fourth-order valence-electron chi connectivity index (χ4n) is 2.47. The average molecular weight is 383 g/mol. The van der Waals surface area contributed by atoms with Gasteiger partial charge in [0.15, 0.2) is 0 Å². The Labute approximate surface area is 163 Å². The Morgan fingerprint density at radius 2 is 1.81 bits per heavy atom. The van der Waals surface area contributed by atoms with Crippen molar-refractivity contribution in [1.82, 2.24) is 0 Å². The monoisotopic (exact) mass is 382 g/mol. The molecule has 0 amide bonds. The van der Waals surface area contributed by atoms with Crippen LogP contribution in [0.15, 0.2) is 65.8 Å². The molecule has 0 aliphatic rings. The predicted molar refractivity (Wildman–Crippen MR) is 109 cm³/mol. The Morgan fingerprint density at radius 3 is 2.52 bits per heavy atom. The van der Waals surface area contributed by atoms with Crippen LogP contribution in [0, 0.1) is 19.7 Å². The molecule has 0 fully saturated rings. The first-order valence-electron chi connectivity index (χ1n) is 8.55. The zero-order valence-electron chi connectivity index (χ0n) is 15.2. The number of benzene rings is 3. The molecule has 3 aromatic carbocycles. The predicted octanol–water partition coefficient (Wildman–Crippen LogP) is 6.12. The highest BCUT2D eigenvalue weighted by atomic mass is 35.5. The normalized spacial score (nSPS) is 11.0. The van der Waals surface area contributed by atoms with Crippen molar-refractivity contribution in [2.45, 2.75) is 20.5 Å². The summed E-state index contributed by atoms with van der Waals surface area (Å²) >= 11 is 6.00. The Morgan fingerprint density at radius 1 is 1.04 bits per heavy atom. The Kier molecular flexibility index (Phi) is 6.09. The summed E-state index contributed by atoms with van der Waals surface area (Å²) in [6.45, 7) is 4.22. The third kappa shape index (κ3) is 5.08. The molecule has 0 saturated heterocycles. The average Bonchev–Trinajstić information content (AvgIpc) is 2.65. The Bertz CT molecular complexity index is 935. The van der Waals surface area contributed by atoms with Crippen LogP contribution in [0.3, 0.4) is 0 Å². The smallest absolute Gasteiger partial charge is 0.131 e. The van der Waals surface area contributed by atoms with Crippen LogP contribution in [0.5, 0.6) is 5.75 Å². The van der Waals surface area contributed by atoms with Gasteiger partial charge in [0.2, 0.25) is 0 Å². The van der Waals surface area contributed by atoms with Crippen LogP contribution >= 0.6 is 11.6 Å². The zero-order chi connectivity index (χ0) is 19.2. The summed E-state index contributed by atoms with van der Waals surface area (Å²) in [5.41, 5.74) is 7.69. The summed E-state index contributed by atoms with van der Waals surface area (Å²) in [6, 6.07) is 18.1. The molecule has 5 heteroatoms. The van der Waals surface area contributed by atoms with Gasteiger partial charge in [-0.3, -0.25) is 5.43 Å². The van der Waals surface area contributed by atoms with Gasteiger partial charge in [0, 0.05) is 5.56 Å². The van der Waals surface area contributed by atoms with Gasteiger partial charge in [0.25, 0.3) is 0 Å². The highest BCUT2D eigenvalue weighted by molar-refractivity contribution is 6.31. The fourth-order valence-corrected chi connectivity index (χ4v) is 2.69. The number of rotatable bonds is 6. The molecule has 0 heterocycles. The largest absolute Gasteiger partial charge is 0.489 e. The van der Waals surface area contributed by atoms with Gasteiger partial charge >= 0.3 is 0 Å². The lowest BCUT2D eigenvalue weighted by atomic mass is 10.1. The number of hydrazone groups is 1. The molecule has 0 atom stereocenters. The lowest BCUT2D eigenvalue weighted by molar-refractivity contribution is 0.300. The second-order valence-electron chi connectivity index (χ2n) is 6.23. The SMILES string of the molecule is Cc1ccc(NN=Cc2ccc(OCc3c(F)cccc3Cl)cc2)cc1C. The highest BCUT2D eigenvalue weighted by Gasteiger charge is 2.07. The maximum atomic E-state index is 13.8. The van der Waals surface area contributed by atoms with E-state index in [-0.39, 0.29) is 12.4 Å². The second-order valence-corrected chi connectivity index (χ2v) is 6.63. The van der Waals surface area contributed by atoms with Gasteiger partial charge in [-0.1, -0.05) is 23.7 Å². The van der Waals surface area contributed by atoms with Gasteiger partial charge < -0.3 is 4.74 Å². The molecule has 3 aromatic rings. The van der Waals surface area contributed by atoms with Crippen LogP contribution in [-0.2, 0) is 6.61 Å². The molecule has 0 spiro atoms. The number of ether oxygens (including phenoxy) is 1. The third-order valence-electron chi connectivity index (χ3n) is 4.24. The molecule has 0 bridgehead atoms. The van der Waals surface area contributed by atoms with E-state index in [0.717, 1.165) is 11.3 Å². The number of anilines is 1. The van der Waals surface area contributed by atoms with Crippen molar-refractivity contribution in [3.8, 4) is 5.75 Å². The van der Waals surface area contributed by atoms with Gasteiger partial charge in [-0.25, -0.2) is 4.39 Å². The zero-order valence-corrected chi connectivity index (χ0v) is 15.9. The van der Waals surface area contributed by atoms with E-state index in [1.165, 1.54) is 17.2 Å². The molecule has 3 rings (SSSR count). The van der Waals surface area contributed by atoms with Crippen molar-refractivity contribution >= 4 is 23.5 Å². The van der Waals surface area contributed by atoms with Crippen LogP contribution < -0.4 is 10.2 Å². The lowest BCUT2D eigenvalue weighted by Crippen LogP contribution is -1.99. The summed E-state index contributed by atoms with van der Waals surface area (Å²) in [5, 5.41) is 4.60. The minimum absolute atomic E-state index is 0.0767. The van der Waals surface area contributed by atoms with E-state index in [9.17, 15) is 4.39 Å². The van der Waals surface area contributed by atoms with Crippen LogP contribution in [0.1, 0.15) is 22.3 Å². The summed E-state index contributed by atoms with van der Waals surface area (Å²) in [4.78, 5) is 0. The van der Waals surface area contributed by atoms with Crippen LogP contribution in [-0.4, -0.2) is 6.21 Å². The van der Waals surface area contributed by atoms with Gasteiger partial charge in [0.1, 0.15) is 18.2 Å². The molecule has 27 heavy (non-hydrogen) atoms. The molecular weight excluding hydrogens is 363 g/mol. The quantitative estimate of drug-likeness (QED) is 0.411. The summed E-state index contributed by atoms with van der Waals surface area (Å²) in [5.74, 6) is 0.261. The molecule has 0 saturated carbocycles.